The molecule has 0 spiro atoms. The van der Waals surface area contributed by atoms with Gasteiger partial charge in [-0.05, 0) is 43.9 Å². The first-order valence-electron chi connectivity index (χ1n) is 8.40. The summed E-state index contributed by atoms with van der Waals surface area (Å²) in [6.45, 7) is 1.49. The first kappa shape index (κ1) is 18.4. The van der Waals surface area contributed by atoms with Gasteiger partial charge in [0, 0.05) is 5.56 Å². The van der Waals surface area contributed by atoms with E-state index in [9.17, 15) is 19.1 Å². The first-order valence-corrected chi connectivity index (χ1v) is 8.40. The Balaban J connectivity index is 1.88. The molecule has 0 bridgehead atoms. The van der Waals surface area contributed by atoms with Crippen molar-refractivity contribution in [3.8, 4) is 0 Å². The highest BCUT2D eigenvalue weighted by molar-refractivity contribution is 5.96. The van der Waals surface area contributed by atoms with Crippen LogP contribution in [-0.2, 0) is 4.79 Å². The zero-order chi connectivity index (χ0) is 17.6. The molecule has 1 saturated carbocycles. The predicted octanol–water partition coefficient (Wildman–Crippen LogP) is 2.00. The van der Waals surface area contributed by atoms with Crippen molar-refractivity contribution < 1.29 is 19.1 Å². The van der Waals surface area contributed by atoms with Gasteiger partial charge < -0.3 is 15.7 Å². The minimum Gasteiger partial charge on any atom is -0.394 e. The third-order valence-corrected chi connectivity index (χ3v) is 4.76. The number of rotatable bonds is 6. The van der Waals surface area contributed by atoms with Crippen molar-refractivity contribution in [3.05, 3.63) is 35.6 Å². The van der Waals surface area contributed by atoms with E-state index in [4.69, 9.17) is 0 Å². The van der Waals surface area contributed by atoms with Crippen molar-refractivity contribution in [1.29, 1.82) is 0 Å². The summed E-state index contributed by atoms with van der Waals surface area (Å²) in [6, 6.07) is 5.29. The van der Waals surface area contributed by atoms with Crippen LogP contribution < -0.4 is 10.6 Å². The predicted molar refractivity (Wildman–Crippen MR) is 88.9 cm³/mol. The van der Waals surface area contributed by atoms with Gasteiger partial charge >= 0.3 is 0 Å². The van der Waals surface area contributed by atoms with E-state index in [0.717, 1.165) is 31.7 Å². The van der Waals surface area contributed by atoms with Crippen molar-refractivity contribution >= 4 is 11.8 Å². The Morgan fingerprint density at radius 3 is 2.62 bits per heavy atom. The van der Waals surface area contributed by atoms with Crippen molar-refractivity contribution in [2.45, 2.75) is 44.6 Å². The van der Waals surface area contributed by atoms with Gasteiger partial charge in [-0.15, -0.1) is 0 Å². The number of carbonyl (C=O) groups is 2. The molecular formula is C18H25FN2O3. The maximum absolute atomic E-state index is 13.1. The molecular weight excluding hydrogens is 311 g/mol. The van der Waals surface area contributed by atoms with E-state index in [1.54, 1.807) is 0 Å². The summed E-state index contributed by atoms with van der Waals surface area (Å²) in [5.74, 6) is -1.13. The van der Waals surface area contributed by atoms with E-state index in [1.807, 2.05) is 6.92 Å². The second kappa shape index (κ2) is 8.24. The molecule has 0 unspecified atom stereocenters. The molecule has 0 aromatic heterocycles. The van der Waals surface area contributed by atoms with E-state index < -0.39 is 17.3 Å². The summed E-state index contributed by atoms with van der Waals surface area (Å²) in [4.78, 5) is 24.1. The highest BCUT2D eigenvalue weighted by Crippen LogP contribution is 2.32. The second-order valence-corrected chi connectivity index (χ2v) is 6.65. The number of amides is 2. The second-order valence-electron chi connectivity index (χ2n) is 6.65. The smallest absolute Gasteiger partial charge is 0.251 e. The largest absolute Gasteiger partial charge is 0.394 e. The van der Waals surface area contributed by atoms with E-state index in [1.165, 1.54) is 24.6 Å². The number of hydrogen-bond acceptors (Lipinski definition) is 3. The molecule has 1 atom stereocenters. The number of nitrogens with one attached hydrogen (secondary N) is 2. The fourth-order valence-electron chi connectivity index (χ4n) is 3.27. The highest BCUT2D eigenvalue weighted by atomic mass is 19.1. The van der Waals surface area contributed by atoms with Crippen LogP contribution >= 0.6 is 0 Å². The SMILES string of the molecule is C[C@@](CO)(NC(=O)CNC(=O)c1cccc(F)c1)C1CCCCC1. The normalized spacial score (nSPS) is 17.8. The fourth-order valence-corrected chi connectivity index (χ4v) is 3.27. The number of aliphatic hydroxyl groups excluding tert-OH is 1. The average Bonchev–Trinajstić information content (AvgIpc) is 2.60. The Morgan fingerprint density at radius 2 is 2.00 bits per heavy atom. The van der Waals surface area contributed by atoms with Gasteiger partial charge in [-0.3, -0.25) is 9.59 Å². The minimum absolute atomic E-state index is 0.138. The lowest BCUT2D eigenvalue weighted by Crippen LogP contribution is -2.56. The Morgan fingerprint density at radius 1 is 1.29 bits per heavy atom. The van der Waals surface area contributed by atoms with Crippen LogP contribution in [0.15, 0.2) is 24.3 Å². The monoisotopic (exact) mass is 336 g/mol. The maximum atomic E-state index is 13.1. The Hall–Kier alpha value is -1.95. The van der Waals surface area contributed by atoms with E-state index in [-0.39, 0.29) is 30.5 Å². The number of halogens is 1. The molecule has 1 aromatic rings. The van der Waals surface area contributed by atoms with Crippen LogP contribution in [0.5, 0.6) is 0 Å². The third-order valence-electron chi connectivity index (χ3n) is 4.76. The molecule has 2 amide bonds. The molecule has 2 rings (SSSR count). The van der Waals surface area contributed by atoms with Gasteiger partial charge in [-0.1, -0.05) is 25.3 Å². The van der Waals surface area contributed by atoms with Gasteiger partial charge in [0.2, 0.25) is 5.91 Å². The van der Waals surface area contributed by atoms with Crippen LogP contribution in [0.25, 0.3) is 0 Å². The summed E-state index contributed by atoms with van der Waals surface area (Å²) in [5, 5.41) is 15.1. The van der Waals surface area contributed by atoms with Crippen LogP contribution in [0.2, 0.25) is 0 Å². The fraction of sp³-hybridized carbons (Fsp3) is 0.556. The molecule has 132 valence electrons. The van der Waals surface area contributed by atoms with E-state index in [2.05, 4.69) is 10.6 Å². The zero-order valence-electron chi connectivity index (χ0n) is 14.0. The molecule has 0 radical (unpaired) electrons. The van der Waals surface area contributed by atoms with E-state index in [0.29, 0.717) is 0 Å². The summed E-state index contributed by atoms with van der Waals surface area (Å²) >= 11 is 0. The lowest BCUT2D eigenvalue weighted by molar-refractivity contribution is -0.123. The molecule has 3 N–H and O–H groups in total. The van der Waals surface area contributed by atoms with Crippen LogP contribution in [0.1, 0.15) is 49.4 Å². The molecule has 0 aliphatic heterocycles. The molecule has 1 fully saturated rings. The molecule has 1 aliphatic carbocycles. The topological polar surface area (TPSA) is 78.4 Å². The van der Waals surface area contributed by atoms with Crippen LogP contribution in [0, 0.1) is 11.7 Å². The molecule has 1 aliphatic rings. The van der Waals surface area contributed by atoms with Gasteiger partial charge in [0.25, 0.3) is 5.91 Å². The third kappa shape index (κ3) is 4.77. The van der Waals surface area contributed by atoms with Crippen molar-refractivity contribution in [2.24, 2.45) is 5.92 Å². The van der Waals surface area contributed by atoms with Gasteiger partial charge in [-0.25, -0.2) is 4.39 Å². The van der Waals surface area contributed by atoms with Gasteiger partial charge in [-0.2, -0.15) is 0 Å². The number of carbonyl (C=O) groups excluding carboxylic acids is 2. The molecule has 1 aromatic carbocycles. The van der Waals surface area contributed by atoms with Crippen LogP contribution in [0.4, 0.5) is 4.39 Å². The molecule has 6 heteroatoms. The molecule has 5 nitrogen and oxygen atoms in total. The maximum Gasteiger partial charge on any atom is 0.251 e. The van der Waals surface area contributed by atoms with Crippen molar-refractivity contribution in [1.82, 2.24) is 10.6 Å². The van der Waals surface area contributed by atoms with Gasteiger partial charge in [0.15, 0.2) is 0 Å². The summed E-state index contributed by atoms with van der Waals surface area (Å²) < 4.78 is 13.1. The standard InChI is InChI=1S/C18H25FN2O3/c1-18(12-22,14-7-3-2-4-8-14)21-16(23)11-20-17(24)13-6-5-9-15(19)10-13/h5-6,9-10,14,22H,2-4,7-8,11-12H2,1H3,(H,20,24)(H,21,23)/t18-/m0/s1. The summed E-state index contributed by atoms with van der Waals surface area (Å²) in [5.41, 5.74) is -0.513. The lowest BCUT2D eigenvalue weighted by atomic mass is 9.76. The summed E-state index contributed by atoms with van der Waals surface area (Å²) in [7, 11) is 0. The van der Waals surface area contributed by atoms with Crippen LogP contribution in [-0.4, -0.2) is 35.6 Å². The number of benzene rings is 1. The molecule has 24 heavy (non-hydrogen) atoms. The van der Waals surface area contributed by atoms with E-state index >= 15 is 0 Å². The lowest BCUT2D eigenvalue weighted by Gasteiger charge is -2.39. The average molecular weight is 336 g/mol. The Kier molecular flexibility index (Phi) is 6.31. The Labute approximate surface area is 141 Å². The summed E-state index contributed by atoms with van der Waals surface area (Å²) in [6.07, 6.45) is 5.36. The quantitative estimate of drug-likeness (QED) is 0.743. The Bertz CT molecular complexity index is 587. The highest BCUT2D eigenvalue weighted by Gasteiger charge is 2.35. The van der Waals surface area contributed by atoms with Crippen molar-refractivity contribution in [3.63, 3.8) is 0 Å². The number of aliphatic hydroxyl groups is 1. The zero-order valence-corrected chi connectivity index (χ0v) is 14.0. The minimum atomic E-state index is -0.679. The number of hydrogen-bond donors (Lipinski definition) is 3. The van der Waals surface area contributed by atoms with Gasteiger partial charge in [0.05, 0.1) is 18.7 Å². The van der Waals surface area contributed by atoms with Crippen LogP contribution in [0.3, 0.4) is 0 Å². The van der Waals surface area contributed by atoms with Gasteiger partial charge in [0.1, 0.15) is 5.82 Å². The van der Waals surface area contributed by atoms with Crippen molar-refractivity contribution in [2.75, 3.05) is 13.2 Å². The molecule has 0 heterocycles. The molecule has 0 saturated heterocycles. The first-order chi connectivity index (χ1) is 11.4.